The van der Waals surface area contributed by atoms with Gasteiger partial charge in [-0.3, -0.25) is 0 Å². The number of hydrogen-bond acceptors (Lipinski definition) is 4. The topological polar surface area (TPSA) is 68.3 Å². The van der Waals surface area contributed by atoms with E-state index in [-0.39, 0.29) is 0 Å². The van der Waals surface area contributed by atoms with Gasteiger partial charge in [-0.05, 0) is 0 Å². The van der Waals surface area contributed by atoms with Crippen LogP contribution in [0.1, 0.15) is 0 Å². The quantitative estimate of drug-likeness (QED) is 0.281. The molecule has 145 valence electrons. The van der Waals surface area contributed by atoms with Gasteiger partial charge in [0, 0.05) is 0 Å². The first-order valence-corrected chi connectivity index (χ1v) is 16.9. The summed E-state index contributed by atoms with van der Waals surface area (Å²) in [7, 11) is 0. The van der Waals surface area contributed by atoms with E-state index in [1.165, 1.54) is 0 Å². The van der Waals surface area contributed by atoms with Crippen LogP contribution in [0, 0.1) is 0 Å². The molecule has 0 atom stereocenters. The van der Waals surface area contributed by atoms with E-state index < -0.39 is 18.7 Å². The van der Waals surface area contributed by atoms with Crippen LogP contribution in [-0.4, -0.2) is 19.5 Å². The van der Waals surface area contributed by atoms with Gasteiger partial charge >= 0.3 is 164 Å². The van der Waals surface area contributed by atoms with Crippen molar-refractivity contribution in [1.29, 1.82) is 0 Å². The second-order valence-corrected chi connectivity index (χ2v) is 25.1. The SMILES string of the molecule is O=[CH][Ru]([CH]=O)([CH]=O)([CH]=O)[PH](c1ccccc1)(c1ccccc1)c1ccccc1. The number of carbonyl (C=O) groups is 4. The summed E-state index contributed by atoms with van der Waals surface area (Å²) >= 11 is -5.54. The molecule has 3 aromatic rings. The first-order valence-electron chi connectivity index (χ1n) is 8.42. The van der Waals surface area contributed by atoms with Crippen LogP contribution < -0.4 is 15.9 Å². The molecule has 0 aliphatic carbocycles. The number of carbonyl (C=O) groups excluding carboxylic acids is 4. The number of benzene rings is 3. The Labute approximate surface area is 164 Å². The fourth-order valence-corrected chi connectivity index (χ4v) is 25.7. The Hall–Kier alpha value is -2.61. The van der Waals surface area contributed by atoms with E-state index in [1.807, 2.05) is 54.6 Å². The van der Waals surface area contributed by atoms with Crippen LogP contribution in [0.25, 0.3) is 0 Å². The summed E-state index contributed by atoms with van der Waals surface area (Å²) in [5.74, 6) is 0. The summed E-state index contributed by atoms with van der Waals surface area (Å²) in [6.45, 7) is 0. The van der Waals surface area contributed by atoms with Crippen molar-refractivity contribution in [2.24, 2.45) is 0 Å². The normalized spacial score (nSPS) is 13.5. The van der Waals surface area contributed by atoms with Crippen LogP contribution in [-0.2, 0) is 32.3 Å². The Morgan fingerprint density at radius 1 is 0.464 bits per heavy atom. The van der Waals surface area contributed by atoms with Crippen LogP contribution in [0.3, 0.4) is 0 Å². The fraction of sp³-hybridized carbons (Fsp3) is 0. The minimum absolute atomic E-state index is 0.406. The summed E-state index contributed by atoms with van der Waals surface area (Å²) in [6, 6.07) is 27.1. The maximum atomic E-state index is 12.6. The van der Waals surface area contributed by atoms with Crippen molar-refractivity contribution >= 4 is 41.0 Å². The van der Waals surface area contributed by atoms with E-state index >= 15 is 0 Å². The average molecular weight is 480 g/mol. The van der Waals surface area contributed by atoms with Gasteiger partial charge in [0.15, 0.2) is 0 Å². The third kappa shape index (κ3) is 2.58. The first kappa shape index (κ1) is 20.1. The van der Waals surface area contributed by atoms with Gasteiger partial charge in [-0.2, -0.15) is 0 Å². The third-order valence-electron chi connectivity index (χ3n) is 4.85. The Balaban J connectivity index is 2.68. The molecule has 0 fully saturated rings. The molecule has 0 spiro atoms. The number of hydrogen-bond donors (Lipinski definition) is 0. The van der Waals surface area contributed by atoms with Crippen LogP contribution in [0.2, 0.25) is 0 Å². The van der Waals surface area contributed by atoms with Crippen molar-refractivity contribution in [2.75, 3.05) is 0 Å². The molecule has 0 heterocycles. The van der Waals surface area contributed by atoms with Crippen LogP contribution in [0.15, 0.2) is 91.0 Å². The molecule has 3 rings (SSSR count). The zero-order valence-electron chi connectivity index (χ0n) is 15.0. The molecule has 0 unspecified atom stereocenters. The van der Waals surface area contributed by atoms with Crippen molar-refractivity contribution in [3.63, 3.8) is 0 Å². The van der Waals surface area contributed by atoms with Gasteiger partial charge in [-0.25, -0.2) is 0 Å². The molecule has 6 heteroatoms. The summed E-state index contributed by atoms with van der Waals surface area (Å²) < 4.78 is 0. The molecule has 0 aliphatic heterocycles. The second kappa shape index (κ2) is 7.79. The Morgan fingerprint density at radius 3 is 0.929 bits per heavy atom. The van der Waals surface area contributed by atoms with Gasteiger partial charge in [0.1, 0.15) is 0 Å². The Morgan fingerprint density at radius 2 is 0.714 bits per heavy atom. The molecule has 0 saturated heterocycles. The van der Waals surface area contributed by atoms with Gasteiger partial charge in [0.05, 0.1) is 0 Å². The molecule has 3 aromatic carbocycles. The van der Waals surface area contributed by atoms with Crippen molar-refractivity contribution in [3.8, 4) is 0 Å². The number of rotatable bonds is 8. The van der Waals surface area contributed by atoms with Crippen molar-refractivity contribution in [3.05, 3.63) is 91.0 Å². The second-order valence-electron chi connectivity index (χ2n) is 6.19. The van der Waals surface area contributed by atoms with E-state index in [0.29, 0.717) is 35.4 Å². The Bertz CT molecular complexity index is 866. The van der Waals surface area contributed by atoms with Gasteiger partial charge < -0.3 is 0 Å². The van der Waals surface area contributed by atoms with Gasteiger partial charge in [-0.15, -0.1) is 0 Å². The van der Waals surface area contributed by atoms with Gasteiger partial charge in [0.25, 0.3) is 0 Å². The predicted octanol–water partition coefficient (Wildman–Crippen LogP) is 2.08. The monoisotopic (exact) mass is 481 g/mol. The molecule has 0 radical (unpaired) electrons. The molecule has 0 aromatic heterocycles. The molecule has 0 bridgehead atoms. The molecule has 0 aliphatic rings. The molecular weight excluding hydrogens is 460 g/mol. The van der Waals surface area contributed by atoms with Crippen LogP contribution >= 0.6 is 5.59 Å². The Kier molecular flexibility index (Phi) is 5.60. The molecule has 0 saturated carbocycles. The van der Waals surface area contributed by atoms with Crippen LogP contribution in [0.5, 0.6) is 0 Å². The summed E-state index contributed by atoms with van der Waals surface area (Å²) in [6.07, 6.45) is 0. The van der Waals surface area contributed by atoms with E-state index in [4.69, 9.17) is 0 Å². The van der Waals surface area contributed by atoms with E-state index in [9.17, 15) is 19.2 Å². The van der Waals surface area contributed by atoms with Crippen molar-refractivity contribution < 1.29 is 32.3 Å². The summed E-state index contributed by atoms with van der Waals surface area (Å²) in [5, 5.41) is 2.07. The fourth-order valence-electron chi connectivity index (χ4n) is 3.57. The molecular formula is C22H20O4PRu. The third-order valence-corrected chi connectivity index (χ3v) is 28.6. The average Bonchev–Trinajstić information content (AvgIpc) is 2.80. The minimum atomic E-state index is -5.54. The van der Waals surface area contributed by atoms with Crippen molar-refractivity contribution in [1.82, 2.24) is 0 Å². The standard InChI is InChI=1S/C18H15P.4CHO.Ru/c1-4-10-16(11-5-1)19(17-12-6-2-7-13-17)18-14-8-3-9-15-18;4*1-2;/h1-15H;4*1H;/q;;;;;-1/p+1. The van der Waals surface area contributed by atoms with Crippen molar-refractivity contribution in [2.45, 2.75) is 0 Å². The zero-order valence-corrected chi connectivity index (χ0v) is 17.7. The molecule has 0 N–H and O–H groups in total. The molecule has 28 heavy (non-hydrogen) atoms. The van der Waals surface area contributed by atoms with Crippen LogP contribution in [0.4, 0.5) is 0 Å². The molecule has 4 nitrogen and oxygen atoms in total. The summed E-state index contributed by atoms with van der Waals surface area (Å²) in [5.41, 5.74) is -3.65. The zero-order chi connectivity index (χ0) is 20.1. The van der Waals surface area contributed by atoms with E-state index in [0.717, 1.165) is 0 Å². The van der Waals surface area contributed by atoms with Gasteiger partial charge in [0.2, 0.25) is 0 Å². The maximum absolute atomic E-state index is 12.6. The molecule has 0 amide bonds. The first-order chi connectivity index (χ1) is 13.6. The summed E-state index contributed by atoms with van der Waals surface area (Å²) in [4.78, 5) is 52.1. The predicted molar refractivity (Wildman–Crippen MR) is 114 cm³/mol. The van der Waals surface area contributed by atoms with E-state index in [1.54, 1.807) is 36.4 Å². The van der Waals surface area contributed by atoms with E-state index in [2.05, 4.69) is 0 Å². The van der Waals surface area contributed by atoms with Gasteiger partial charge in [-0.1, -0.05) is 0 Å².